The van der Waals surface area contributed by atoms with Gasteiger partial charge >= 0.3 is 0 Å². The van der Waals surface area contributed by atoms with Crippen LogP contribution in [0.3, 0.4) is 0 Å². The lowest BCUT2D eigenvalue weighted by Gasteiger charge is -2.05. The van der Waals surface area contributed by atoms with Gasteiger partial charge in [0.05, 0.1) is 0 Å². The summed E-state index contributed by atoms with van der Waals surface area (Å²) in [5, 5.41) is 3.41. The maximum atomic E-state index is 5.61. The minimum Gasteiger partial charge on any atom is -0.385 e. The van der Waals surface area contributed by atoms with E-state index in [1.54, 1.807) is 0 Å². The first-order valence-electron chi connectivity index (χ1n) is 5.78. The lowest BCUT2D eigenvalue weighted by Crippen LogP contribution is -2.00. The number of hydrogen-bond acceptors (Lipinski definition) is 1. The summed E-state index contributed by atoms with van der Waals surface area (Å²) in [5.74, 6) is 0.808. The molecule has 0 atom stereocenters. The summed E-state index contributed by atoms with van der Waals surface area (Å²) >= 11 is 5.61. The lowest BCUT2D eigenvalue weighted by molar-refractivity contribution is 0.647. The number of alkyl halides is 1. The van der Waals surface area contributed by atoms with Crippen molar-refractivity contribution >= 4 is 17.3 Å². The van der Waals surface area contributed by atoms with E-state index in [0.717, 1.165) is 18.8 Å². The number of halogens is 1. The molecule has 0 aliphatic rings. The molecular formula is C13H20ClN. The average Bonchev–Trinajstić information content (AvgIpc) is 2.29. The van der Waals surface area contributed by atoms with E-state index in [1.165, 1.54) is 31.4 Å². The molecule has 0 saturated carbocycles. The largest absolute Gasteiger partial charge is 0.385 e. The van der Waals surface area contributed by atoms with E-state index in [9.17, 15) is 0 Å². The topological polar surface area (TPSA) is 12.0 Å². The van der Waals surface area contributed by atoms with Gasteiger partial charge in [-0.15, -0.1) is 11.6 Å². The Kier molecular flexibility index (Phi) is 7.10. The highest BCUT2D eigenvalue weighted by Crippen LogP contribution is 2.07. The van der Waals surface area contributed by atoms with Crippen molar-refractivity contribution in [1.82, 2.24) is 0 Å². The second-order valence-electron chi connectivity index (χ2n) is 3.75. The van der Waals surface area contributed by atoms with E-state index in [4.69, 9.17) is 11.6 Å². The summed E-state index contributed by atoms with van der Waals surface area (Å²) < 4.78 is 0. The van der Waals surface area contributed by atoms with Gasteiger partial charge in [0.15, 0.2) is 0 Å². The standard InChI is InChI=1S/C13H20ClN/c14-11-7-2-1-3-8-12-15-13-9-5-4-6-10-13/h4-6,9-10,15H,1-3,7-8,11-12H2. The molecule has 0 fully saturated rings. The molecule has 15 heavy (non-hydrogen) atoms. The number of anilines is 1. The minimum absolute atomic E-state index is 0.808. The van der Waals surface area contributed by atoms with E-state index in [1.807, 2.05) is 6.07 Å². The molecular weight excluding hydrogens is 206 g/mol. The quantitative estimate of drug-likeness (QED) is 0.514. The van der Waals surface area contributed by atoms with Gasteiger partial charge < -0.3 is 5.32 Å². The van der Waals surface area contributed by atoms with E-state index in [-0.39, 0.29) is 0 Å². The molecule has 1 aromatic rings. The van der Waals surface area contributed by atoms with Crippen molar-refractivity contribution in [3.8, 4) is 0 Å². The third-order valence-electron chi connectivity index (χ3n) is 2.41. The van der Waals surface area contributed by atoms with Crippen LogP contribution in [0.15, 0.2) is 30.3 Å². The Labute approximate surface area is 97.8 Å². The predicted octanol–water partition coefficient (Wildman–Crippen LogP) is 4.29. The van der Waals surface area contributed by atoms with Crippen molar-refractivity contribution in [3.05, 3.63) is 30.3 Å². The Hall–Kier alpha value is -0.690. The number of rotatable bonds is 8. The van der Waals surface area contributed by atoms with Crippen LogP contribution in [-0.4, -0.2) is 12.4 Å². The van der Waals surface area contributed by atoms with Crippen molar-refractivity contribution in [2.45, 2.75) is 32.1 Å². The van der Waals surface area contributed by atoms with Crippen LogP contribution < -0.4 is 5.32 Å². The number of para-hydroxylation sites is 1. The number of benzene rings is 1. The van der Waals surface area contributed by atoms with Crippen molar-refractivity contribution in [2.24, 2.45) is 0 Å². The molecule has 1 aromatic carbocycles. The van der Waals surface area contributed by atoms with Gasteiger partial charge in [-0.25, -0.2) is 0 Å². The Balaban J connectivity index is 1.93. The van der Waals surface area contributed by atoms with Crippen LogP contribution in [-0.2, 0) is 0 Å². The average molecular weight is 226 g/mol. The lowest BCUT2D eigenvalue weighted by atomic mass is 10.1. The summed E-state index contributed by atoms with van der Waals surface area (Å²) in [7, 11) is 0. The molecule has 0 saturated heterocycles. The highest BCUT2D eigenvalue weighted by molar-refractivity contribution is 6.17. The zero-order valence-corrected chi connectivity index (χ0v) is 9.97. The van der Waals surface area contributed by atoms with Gasteiger partial charge in [-0.05, 0) is 25.0 Å². The molecule has 1 rings (SSSR count). The first kappa shape index (κ1) is 12.4. The minimum atomic E-state index is 0.808. The van der Waals surface area contributed by atoms with E-state index < -0.39 is 0 Å². The Morgan fingerprint density at radius 2 is 1.53 bits per heavy atom. The molecule has 0 amide bonds. The number of hydrogen-bond donors (Lipinski definition) is 1. The van der Waals surface area contributed by atoms with Crippen molar-refractivity contribution in [2.75, 3.05) is 17.7 Å². The monoisotopic (exact) mass is 225 g/mol. The fourth-order valence-corrected chi connectivity index (χ4v) is 1.73. The highest BCUT2D eigenvalue weighted by atomic mass is 35.5. The molecule has 0 unspecified atom stereocenters. The van der Waals surface area contributed by atoms with Gasteiger partial charge in [0.1, 0.15) is 0 Å². The summed E-state index contributed by atoms with van der Waals surface area (Å²) in [6.45, 7) is 1.07. The third kappa shape index (κ3) is 6.40. The van der Waals surface area contributed by atoms with Gasteiger partial charge in [0.2, 0.25) is 0 Å². The van der Waals surface area contributed by atoms with Crippen LogP contribution >= 0.6 is 11.6 Å². The van der Waals surface area contributed by atoms with Crippen LogP contribution in [0.1, 0.15) is 32.1 Å². The summed E-state index contributed by atoms with van der Waals surface area (Å²) in [6.07, 6.45) is 6.29. The second-order valence-corrected chi connectivity index (χ2v) is 4.13. The van der Waals surface area contributed by atoms with Crippen molar-refractivity contribution in [1.29, 1.82) is 0 Å². The fourth-order valence-electron chi connectivity index (χ4n) is 1.54. The first-order chi connectivity index (χ1) is 7.43. The molecule has 0 aliphatic heterocycles. The van der Waals surface area contributed by atoms with Crippen LogP contribution in [0.4, 0.5) is 5.69 Å². The Morgan fingerprint density at radius 1 is 0.867 bits per heavy atom. The Bertz CT molecular complexity index is 236. The zero-order valence-electron chi connectivity index (χ0n) is 9.21. The van der Waals surface area contributed by atoms with E-state index in [2.05, 4.69) is 29.6 Å². The summed E-state index contributed by atoms with van der Waals surface area (Å²) in [5.41, 5.74) is 1.22. The smallest absolute Gasteiger partial charge is 0.0340 e. The normalized spacial score (nSPS) is 10.2. The van der Waals surface area contributed by atoms with Gasteiger partial charge in [-0.1, -0.05) is 37.5 Å². The highest BCUT2D eigenvalue weighted by Gasteiger charge is 1.91. The first-order valence-corrected chi connectivity index (χ1v) is 6.32. The molecule has 1 nitrogen and oxygen atoms in total. The summed E-state index contributed by atoms with van der Waals surface area (Å²) in [6, 6.07) is 10.4. The molecule has 0 heterocycles. The molecule has 84 valence electrons. The van der Waals surface area contributed by atoms with Crippen molar-refractivity contribution in [3.63, 3.8) is 0 Å². The maximum Gasteiger partial charge on any atom is 0.0340 e. The second kappa shape index (κ2) is 8.60. The number of nitrogens with one attached hydrogen (secondary N) is 1. The molecule has 0 bridgehead atoms. The SMILES string of the molecule is ClCCCCCCCNc1ccccc1. The van der Waals surface area contributed by atoms with Crippen LogP contribution in [0.25, 0.3) is 0 Å². The van der Waals surface area contributed by atoms with Gasteiger partial charge in [0.25, 0.3) is 0 Å². The third-order valence-corrected chi connectivity index (χ3v) is 2.68. The Morgan fingerprint density at radius 3 is 2.27 bits per heavy atom. The summed E-state index contributed by atoms with van der Waals surface area (Å²) in [4.78, 5) is 0. The zero-order chi connectivity index (χ0) is 10.8. The molecule has 0 aliphatic carbocycles. The van der Waals surface area contributed by atoms with Gasteiger partial charge in [-0.2, -0.15) is 0 Å². The van der Waals surface area contributed by atoms with Gasteiger partial charge in [0, 0.05) is 18.1 Å². The van der Waals surface area contributed by atoms with Crippen molar-refractivity contribution < 1.29 is 0 Å². The molecule has 0 radical (unpaired) electrons. The number of unbranched alkanes of at least 4 members (excludes halogenated alkanes) is 4. The molecule has 0 spiro atoms. The maximum absolute atomic E-state index is 5.61. The molecule has 0 aromatic heterocycles. The van der Waals surface area contributed by atoms with Crippen LogP contribution in [0.2, 0.25) is 0 Å². The molecule has 1 N–H and O–H groups in total. The van der Waals surface area contributed by atoms with E-state index >= 15 is 0 Å². The fraction of sp³-hybridized carbons (Fsp3) is 0.538. The van der Waals surface area contributed by atoms with Gasteiger partial charge in [-0.3, -0.25) is 0 Å². The van der Waals surface area contributed by atoms with Crippen LogP contribution in [0.5, 0.6) is 0 Å². The molecule has 2 heteroatoms. The van der Waals surface area contributed by atoms with Crippen LogP contribution in [0, 0.1) is 0 Å². The van der Waals surface area contributed by atoms with E-state index in [0.29, 0.717) is 0 Å². The predicted molar refractivity (Wildman–Crippen MR) is 68.7 cm³/mol.